The summed E-state index contributed by atoms with van der Waals surface area (Å²) >= 11 is 11.6. The van der Waals surface area contributed by atoms with Gasteiger partial charge in [-0.05, 0) is 43.4 Å². The molecular weight excluding hydrogens is 422 g/mol. The molecule has 144 valence electrons. The van der Waals surface area contributed by atoms with E-state index >= 15 is 0 Å². The van der Waals surface area contributed by atoms with Crippen molar-refractivity contribution in [2.75, 3.05) is 19.0 Å². The quantitative estimate of drug-likeness (QED) is 0.680. The number of carbonyl (C=O) groups is 2. The fourth-order valence-corrected chi connectivity index (χ4v) is 2.98. The average Bonchev–Trinajstić information content (AvgIpc) is 2.63. The summed E-state index contributed by atoms with van der Waals surface area (Å²) in [6, 6.07) is 6.98. The van der Waals surface area contributed by atoms with E-state index in [0.717, 1.165) is 18.2 Å². The molecule has 0 spiro atoms. The maximum Gasteiger partial charge on any atom is 0.341 e. The van der Waals surface area contributed by atoms with Gasteiger partial charge >= 0.3 is 5.97 Å². The highest BCUT2D eigenvalue weighted by molar-refractivity contribution is 7.89. The molecule has 11 heteroatoms. The van der Waals surface area contributed by atoms with Gasteiger partial charge in [0.1, 0.15) is 5.82 Å². The average molecular weight is 435 g/mol. The molecule has 0 unspecified atom stereocenters. The van der Waals surface area contributed by atoms with Gasteiger partial charge < -0.3 is 10.1 Å². The fourth-order valence-electron chi connectivity index (χ4n) is 1.93. The Morgan fingerprint density at radius 1 is 1.11 bits per heavy atom. The lowest BCUT2D eigenvalue weighted by atomic mass is 10.2. The molecule has 0 saturated carbocycles. The first kappa shape index (κ1) is 21.1. The lowest BCUT2D eigenvalue weighted by Crippen LogP contribution is -2.22. The third-order valence-electron chi connectivity index (χ3n) is 3.27. The number of carbonyl (C=O) groups excluding carboxylic acids is 2. The number of sulfonamides is 1. The van der Waals surface area contributed by atoms with Gasteiger partial charge in [0.05, 0.1) is 20.5 Å². The Kier molecular flexibility index (Phi) is 6.77. The van der Waals surface area contributed by atoms with Crippen molar-refractivity contribution in [2.45, 2.75) is 4.90 Å². The Morgan fingerprint density at radius 3 is 2.44 bits per heavy atom. The third kappa shape index (κ3) is 5.39. The van der Waals surface area contributed by atoms with Crippen molar-refractivity contribution in [1.29, 1.82) is 0 Å². The van der Waals surface area contributed by atoms with E-state index in [1.165, 1.54) is 25.2 Å². The zero-order valence-electron chi connectivity index (χ0n) is 13.8. The van der Waals surface area contributed by atoms with Crippen LogP contribution in [0.4, 0.5) is 10.1 Å². The summed E-state index contributed by atoms with van der Waals surface area (Å²) < 4.78 is 44.1. The first-order chi connectivity index (χ1) is 12.6. The number of hydrogen-bond donors (Lipinski definition) is 2. The van der Waals surface area contributed by atoms with E-state index in [1.807, 2.05) is 4.72 Å². The smallest absolute Gasteiger partial charge is 0.341 e. The van der Waals surface area contributed by atoms with Crippen LogP contribution < -0.4 is 10.0 Å². The monoisotopic (exact) mass is 434 g/mol. The molecule has 2 aromatic carbocycles. The summed E-state index contributed by atoms with van der Waals surface area (Å²) in [5.74, 6) is -2.88. The summed E-state index contributed by atoms with van der Waals surface area (Å²) in [5, 5.41) is 2.93. The van der Waals surface area contributed by atoms with Crippen LogP contribution in [-0.4, -0.2) is 33.9 Å². The van der Waals surface area contributed by atoms with Gasteiger partial charge in [-0.15, -0.1) is 0 Å². The van der Waals surface area contributed by atoms with Crippen LogP contribution in [0.25, 0.3) is 0 Å². The minimum Gasteiger partial charge on any atom is -0.452 e. The van der Waals surface area contributed by atoms with Crippen LogP contribution in [0.3, 0.4) is 0 Å². The number of hydrogen-bond acceptors (Lipinski definition) is 5. The normalized spacial score (nSPS) is 11.1. The molecular formula is C16H13Cl2FN2O5S. The Labute approximate surface area is 164 Å². The van der Waals surface area contributed by atoms with E-state index < -0.39 is 39.9 Å². The Hall–Kier alpha value is -2.20. The molecule has 2 N–H and O–H groups in total. The van der Waals surface area contributed by atoms with Crippen molar-refractivity contribution in [3.05, 3.63) is 57.8 Å². The maximum atomic E-state index is 13.8. The minimum atomic E-state index is -3.88. The van der Waals surface area contributed by atoms with Gasteiger partial charge in [0, 0.05) is 5.69 Å². The highest BCUT2D eigenvalue weighted by Gasteiger charge is 2.20. The van der Waals surface area contributed by atoms with Crippen LogP contribution in [-0.2, 0) is 19.6 Å². The highest BCUT2D eigenvalue weighted by Crippen LogP contribution is 2.25. The molecule has 2 rings (SSSR count). The van der Waals surface area contributed by atoms with Gasteiger partial charge in [-0.25, -0.2) is 22.3 Å². The molecule has 0 aliphatic rings. The number of rotatable bonds is 6. The van der Waals surface area contributed by atoms with Crippen molar-refractivity contribution in [1.82, 2.24) is 4.72 Å². The summed E-state index contributed by atoms with van der Waals surface area (Å²) in [6.45, 7) is -0.721. The first-order valence-electron chi connectivity index (χ1n) is 7.29. The second kappa shape index (κ2) is 8.66. The van der Waals surface area contributed by atoms with Crippen LogP contribution in [0.1, 0.15) is 10.4 Å². The van der Waals surface area contributed by atoms with Gasteiger partial charge in [-0.1, -0.05) is 23.2 Å². The molecule has 0 bridgehead atoms. The standard InChI is InChI=1S/C16H13Cl2FN2O5S/c1-20-27(24,25)10-3-5-14(19)11(7-10)16(23)26-8-15(22)21-9-2-4-12(17)13(18)6-9/h2-7,20H,8H2,1H3,(H,21,22). The lowest BCUT2D eigenvalue weighted by Gasteiger charge is -2.09. The zero-order valence-corrected chi connectivity index (χ0v) is 16.1. The van der Waals surface area contributed by atoms with Crippen molar-refractivity contribution in [2.24, 2.45) is 0 Å². The van der Waals surface area contributed by atoms with Gasteiger partial charge in [0.25, 0.3) is 5.91 Å². The van der Waals surface area contributed by atoms with Crippen molar-refractivity contribution >= 4 is 50.8 Å². The van der Waals surface area contributed by atoms with Gasteiger partial charge in [-0.3, -0.25) is 4.79 Å². The largest absolute Gasteiger partial charge is 0.452 e. The van der Waals surface area contributed by atoms with E-state index in [2.05, 4.69) is 5.32 Å². The van der Waals surface area contributed by atoms with Gasteiger partial charge in [0.2, 0.25) is 10.0 Å². The number of esters is 1. The molecule has 0 radical (unpaired) electrons. The van der Waals surface area contributed by atoms with E-state index in [9.17, 15) is 22.4 Å². The molecule has 1 amide bonds. The second-order valence-electron chi connectivity index (χ2n) is 5.10. The summed E-state index contributed by atoms with van der Waals surface area (Å²) in [4.78, 5) is 23.5. The predicted molar refractivity (Wildman–Crippen MR) is 98.0 cm³/mol. The Morgan fingerprint density at radius 2 is 1.81 bits per heavy atom. The number of nitrogens with one attached hydrogen (secondary N) is 2. The summed E-state index contributed by atoms with van der Waals surface area (Å²) in [5.41, 5.74) is -0.299. The second-order valence-corrected chi connectivity index (χ2v) is 7.80. The number of halogens is 3. The van der Waals surface area contributed by atoms with Crippen LogP contribution in [0.15, 0.2) is 41.3 Å². The number of ether oxygens (including phenoxy) is 1. The van der Waals surface area contributed by atoms with Crippen LogP contribution in [0.2, 0.25) is 10.0 Å². The molecule has 0 atom stereocenters. The van der Waals surface area contributed by atoms with Gasteiger partial charge in [-0.2, -0.15) is 0 Å². The molecule has 0 aromatic heterocycles. The summed E-state index contributed by atoms with van der Waals surface area (Å²) in [7, 11) is -2.71. The fraction of sp³-hybridized carbons (Fsp3) is 0.125. The number of anilines is 1. The molecule has 2 aromatic rings. The van der Waals surface area contributed by atoms with Crippen LogP contribution >= 0.6 is 23.2 Å². The minimum absolute atomic E-state index is 0.219. The lowest BCUT2D eigenvalue weighted by molar-refractivity contribution is -0.119. The van der Waals surface area contributed by atoms with Crippen molar-refractivity contribution in [3.8, 4) is 0 Å². The van der Waals surface area contributed by atoms with E-state index in [-0.39, 0.29) is 9.92 Å². The number of benzene rings is 2. The van der Waals surface area contributed by atoms with Crippen LogP contribution in [0.5, 0.6) is 0 Å². The Balaban J connectivity index is 2.05. The number of amides is 1. The van der Waals surface area contributed by atoms with Gasteiger partial charge in [0.15, 0.2) is 6.61 Å². The van der Waals surface area contributed by atoms with E-state index in [4.69, 9.17) is 27.9 Å². The zero-order chi connectivity index (χ0) is 20.2. The summed E-state index contributed by atoms with van der Waals surface area (Å²) in [6.07, 6.45) is 0. The topological polar surface area (TPSA) is 102 Å². The Bertz CT molecular complexity index is 998. The molecule has 7 nitrogen and oxygen atoms in total. The highest BCUT2D eigenvalue weighted by atomic mass is 35.5. The van der Waals surface area contributed by atoms with Crippen molar-refractivity contribution < 1.29 is 27.1 Å². The molecule has 0 saturated heterocycles. The van der Waals surface area contributed by atoms with E-state index in [1.54, 1.807) is 0 Å². The molecule has 0 aliphatic carbocycles. The van der Waals surface area contributed by atoms with Crippen molar-refractivity contribution in [3.63, 3.8) is 0 Å². The molecule has 27 heavy (non-hydrogen) atoms. The van der Waals surface area contributed by atoms with E-state index in [0.29, 0.717) is 10.7 Å². The maximum absolute atomic E-state index is 13.8. The molecule has 0 fully saturated rings. The molecule has 0 heterocycles. The third-order valence-corrected chi connectivity index (χ3v) is 5.43. The molecule has 0 aliphatic heterocycles. The van der Waals surface area contributed by atoms with Crippen LogP contribution in [0, 0.1) is 5.82 Å². The SMILES string of the molecule is CNS(=O)(=O)c1ccc(F)c(C(=O)OCC(=O)Nc2ccc(Cl)c(Cl)c2)c1. The first-order valence-corrected chi connectivity index (χ1v) is 9.53. The predicted octanol–water partition coefficient (Wildman–Crippen LogP) is 2.84.